The van der Waals surface area contributed by atoms with E-state index in [2.05, 4.69) is 5.32 Å². The SMILES string of the molecule is CNCC1CCCN(S(=O)(=O)N2CCCC(C(=O)O)C2)C1. The Bertz CT molecular complexity index is 466. The second kappa shape index (κ2) is 7.04. The Balaban J connectivity index is 2.04. The molecular weight excluding hydrogens is 294 g/mol. The van der Waals surface area contributed by atoms with Crippen molar-refractivity contribution in [1.29, 1.82) is 0 Å². The number of carbonyl (C=O) groups is 1. The van der Waals surface area contributed by atoms with Gasteiger partial charge in [-0.05, 0) is 45.2 Å². The third-order valence-electron chi connectivity index (χ3n) is 4.36. The number of aliphatic carboxylic acids is 1. The number of hydrogen-bond acceptors (Lipinski definition) is 4. The van der Waals surface area contributed by atoms with E-state index in [1.54, 1.807) is 0 Å². The molecule has 0 amide bonds. The van der Waals surface area contributed by atoms with Crippen molar-refractivity contribution >= 4 is 16.2 Å². The van der Waals surface area contributed by atoms with Gasteiger partial charge in [0.25, 0.3) is 10.2 Å². The molecule has 2 aliphatic rings. The topological polar surface area (TPSA) is 90.0 Å². The van der Waals surface area contributed by atoms with Gasteiger partial charge in [-0.25, -0.2) is 0 Å². The normalized spacial score (nSPS) is 29.4. The van der Waals surface area contributed by atoms with Gasteiger partial charge in [0.05, 0.1) is 5.92 Å². The van der Waals surface area contributed by atoms with Gasteiger partial charge in [0.1, 0.15) is 0 Å². The summed E-state index contributed by atoms with van der Waals surface area (Å²) in [6, 6.07) is 0. The molecule has 21 heavy (non-hydrogen) atoms. The van der Waals surface area contributed by atoms with E-state index in [1.165, 1.54) is 8.61 Å². The van der Waals surface area contributed by atoms with Gasteiger partial charge in [-0.3, -0.25) is 4.79 Å². The molecule has 122 valence electrons. The predicted octanol–water partition coefficient (Wildman–Crippen LogP) is -0.0408. The summed E-state index contributed by atoms with van der Waals surface area (Å²) in [6.07, 6.45) is 3.07. The van der Waals surface area contributed by atoms with Crippen molar-refractivity contribution in [1.82, 2.24) is 13.9 Å². The molecule has 2 unspecified atom stereocenters. The summed E-state index contributed by atoms with van der Waals surface area (Å²) < 4.78 is 28.3. The van der Waals surface area contributed by atoms with Gasteiger partial charge in [0.15, 0.2) is 0 Å². The molecule has 0 aliphatic carbocycles. The monoisotopic (exact) mass is 319 g/mol. The summed E-state index contributed by atoms with van der Waals surface area (Å²) in [6.45, 7) is 2.40. The molecule has 2 rings (SSSR count). The Kier molecular flexibility index (Phi) is 5.59. The van der Waals surface area contributed by atoms with Crippen molar-refractivity contribution in [3.05, 3.63) is 0 Å². The summed E-state index contributed by atoms with van der Waals surface area (Å²) in [5, 5.41) is 12.2. The lowest BCUT2D eigenvalue weighted by molar-refractivity contribution is -0.142. The van der Waals surface area contributed by atoms with E-state index in [1.807, 2.05) is 7.05 Å². The highest BCUT2D eigenvalue weighted by atomic mass is 32.2. The highest BCUT2D eigenvalue weighted by molar-refractivity contribution is 7.86. The van der Waals surface area contributed by atoms with Crippen molar-refractivity contribution in [3.63, 3.8) is 0 Å². The number of nitrogens with one attached hydrogen (secondary N) is 1. The average molecular weight is 319 g/mol. The first-order chi connectivity index (χ1) is 9.95. The summed E-state index contributed by atoms with van der Waals surface area (Å²) in [5.41, 5.74) is 0. The Morgan fingerprint density at radius 2 is 1.81 bits per heavy atom. The third-order valence-corrected chi connectivity index (χ3v) is 6.33. The number of carboxylic acid groups (broad SMARTS) is 1. The van der Waals surface area contributed by atoms with Crippen LogP contribution in [0.4, 0.5) is 0 Å². The molecule has 2 aliphatic heterocycles. The molecule has 0 saturated carbocycles. The molecule has 7 nitrogen and oxygen atoms in total. The lowest BCUT2D eigenvalue weighted by atomic mass is 10.00. The van der Waals surface area contributed by atoms with Gasteiger partial charge in [0, 0.05) is 26.2 Å². The van der Waals surface area contributed by atoms with Gasteiger partial charge in [-0.1, -0.05) is 0 Å². The fourth-order valence-electron chi connectivity index (χ4n) is 3.21. The molecule has 0 radical (unpaired) electrons. The van der Waals surface area contributed by atoms with E-state index >= 15 is 0 Å². The lowest BCUT2D eigenvalue weighted by Crippen LogP contribution is -2.52. The lowest BCUT2D eigenvalue weighted by Gasteiger charge is -2.37. The molecule has 0 bridgehead atoms. The number of carboxylic acids is 1. The molecule has 0 aromatic heterocycles. The quantitative estimate of drug-likeness (QED) is 0.742. The third kappa shape index (κ3) is 3.94. The molecule has 0 spiro atoms. The molecule has 2 atom stereocenters. The maximum Gasteiger partial charge on any atom is 0.307 e. The van der Waals surface area contributed by atoms with Crippen LogP contribution in [0.15, 0.2) is 0 Å². The molecule has 0 aromatic rings. The first-order valence-electron chi connectivity index (χ1n) is 7.57. The van der Waals surface area contributed by atoms with Crippen LogP contribution in [0.3, 0.4) is 0 Å². The van der Waals surface area contributed by atoms with E-state index in [-0.39, 0.29) is 6.54 Å². The van der Waals surface area contributed by atoms with Crippen LogP contribution in [0.5, 0.6) is 0 Å². The Hall–Kier alpha value is -0.700. The van der Waals surface area contributed by atoms with Crippen molar-refractivity contribution in [2.45, 2.75) is 25.7 Å². The van der Waals surface area contributed by atoms with Crippen LogP contribution in [0.25, 0.3) is 0 Å². The van der Waals surface area contributed by atoms with Crippen molar-refractivity contribution < 1.29 is 18.3 Å². The molecule has 2 fully saturated rings. The number of nitrogens with zero attached hydrogens (tertiary/aromatic N) is 2. The zero-order valence-electron chi connectivity index (χ0n) is 12.5. The van der Waals surface area contributed by atoms with E-state index in [9.17, 15) is 13.2 Å². The molecular formula is C13H25N3O4S. The maximum atomic E-state index is 12.7. The average Bonchev–Trinajstić information content (AvgIpc) is 2.48. The highest BCUT2D eigenvalue weighted by Gasteiger charge is 2.37. The zero-order chi connectivity index (χ0) is 15.5. The van der Waals surface area contributed by atoms with Crippen LogP contribution in [-0.2, 0) is 15.0 Å². The van der Waals surface area contributed by atoms with Crippen molar-refractivity contribution in [2.75, 3.05) is 39.8 Å². The zero-order valence-corrected chi connectivity index (χ0v) is 13.3. The largest absolute Gasteiger partial charge is 0.481 e. The van der Waals surface area contributed by atoms with Crippen LogP contribution >= 0.6 is 0 Å². The molecule has 0 aromatic carbocycles. The Morgan fingerprint density at radius 3 is 2.43 bits per heavy atom. The first kappa shape index (κ1) is 16.7. The van der Waals surface area contributed by atoms with Crippen molar-refractivity contribution in [3.8, 4) is 0 Å². The Labute approximate surface area is 126 Å². The van der Waals surface area contributed by atoms with Gasteiger partial charge in [0.2, 0.25) is 0 Å². The van der Waals surface area contributed by atoms with Crippen LogP contribution in [-0.4, -0.2) is 67.9 Å². The number of piperidine rings is 2. The molecule has 2 saturated heterocycles. The van der Waals surface area contributed by atoms with Crippen LogP contribution in [0.1, 0.15) is 25.7 Å². The minimum Gasteiger partial charge on any atom is -0.481 e. The van der Waals surface area contributed by atoms with Crippen LogP contribution in [0, 0.1) is 11.8 Å². The van der Waals surface area contributed by atoms with E-state index in [0.29, 0.717) is 38.4 Å². The second-order valence-corrected chi connectivity index (χ2v) is 7.90. The van der Waals surface area contributed by atoms with Crippen molar-refractivity contribution in [2.24, 2.45) is 11.8 Å². The predicted molar refractivity (Wildman–Crippen MR) is 79.1 cm³/mol. The van der Waals surface area contributed by atoms with E-state index < -0.39 is 22.1 Å². The summed E-state index contributed by atoms with van der Waals surface area (Å²) in [7, 11) is -1.66. The summed E-state index contributed by atoms with van der Waals surface area (Å²) in [4.78, 5) is 11.1. The van der Waals surface area contributed by atoms with Gasteiger partial charge >= 0.3 is 5.97 Å². The standard InChI is InChI=1S/C13H25N3O4S/c1-14-8-11-4-2-6-15(9-11)21(19,20)16-7-3-5-12(10-16)13(17)18/h11-12,14H,2-10H2,1H3,(H,17,18). The highest BCUT2D eigenvalue weighted by Crippen LogP contribution is 2.25. The van der Waals surface area contributed by atoms with E-state index in [4.69, 9.17) is 5.11 Å². The smallest absolute Gasteiger partial charge is 0.307 e. The van der Waals surface area contributed by atoms with Crippen LogP contribution < -0.4 is 5.32 Å². The minimum atomic E-state index is -3.53. The van der Waals surface area contributed by atoms with E-state index in [0.717, 1.165) is 19.4 Å². The molecule has 2 heterocycles. The van der Waals surface area contributed by atoms with Crippen LogP contribution in [0.2, 0.25) is 0 Å². The minimum absolute atomic E-state index is 0.102. The number of rotatable bonds is 5. The molecule has 2 N–H and O–H groups in total. The van der Waals surface area contributed by atoms with Gasteiger partial charge < -0.3 is 10.4 Å². The maximum absolute atomic E-state index is 12.7. The number of hydrogen-bond donors (Lipinski definition) is 2. The summed E-state index contributed by atoms with van der Waals surface area (Å²) >= 11 is 0. The molecule has 8 heteroatoms. The Morgan fingerprint density at radius 1 is 1.19 bits per heavy atom. The fraction of sp³-hybridized carbons (Fsp3) is 0.923. The fourth-order valence-corrected chi connectivity index (χ4v) is 5.02. The van der Waals surface area contributed by atoms with Gasteiger partial charge in [-0.2, -0.15) is 17.0 Å². The second-order valence-electron chi connectivity index (χ2n) is 5.97. The van der Waals surface area contributed by atoms with Gasteiger partial charge in [-0.15, -0.1) is 0 Å². The first-order valence-corrected chi connectivity index (χ1v) is 8.97. The summed E-state index contributed by atoms with van der Waals surface area (Å²) in [5.74, 6) is -1.15.